The molecule has 0 unspecified atom stereocenters. The van der Waals surface area contributed by atoms with Crippen LogP contribution in [-0.4, -0.2) is 36.1 Å². The molecule has 1 N–H and O–H groups in total. The van der Waals surface area contributed by atoms with Crippen LogP contribution in [0.4, 0.5) is 0 Å². The Morgan fingerprint density at radius 1 is 1.58 bits per heavy atom. The monoisotopic (exact) mass is 171 g/mol. The molecule has 0 saturated heterocycles. The summed E-state index contributed by atoms with van der Waals surface area (Å²) in [5.74, 6) is -0.620. The lowest BCUT2D eigenvalue weighted by molar-refractivity contribution is -0.144. The van der Waals surface area contributed by atoms with Gasteiger partial charge in [-0.2, -0.15) is 0 Å². The van der Waals surface area contributed by atoms with E-state index in [4.69, 9.17) is 5.11 Å². The Balaban J connectivity index is 2.35. The van der Waals surface area contributed by atoms with Gasteiger partial charge in [-0.15, -0.1) is 0 Å². The van der Waals surface area contributed by atoms with E-state index in [0.29, 0.717) is 0 Å². The largest absolute Gasteiger partial charge is 0.481 e. The third-order valence-corrected chi connectivity index (χ3v) is 2.49. The van der Waals surface area contributed by atoms with Gasteiger partial charge >= 0.3 is 5.97 Å². The lowest BCUT2D eigenvalue weighted by Crippen LogP contribution is -2.32. The molecule has 0 spiro atoms. The molecule has 0 heterocycles. The average Bonchev–Trinajstić information content (AvgIpc) is 2.69. The molecule has 1 aliphatic carbocycles. The van der Waals surface area contributed by atoms with Crippen molar-refractivity contribution in [3.63, 3.8) is 0 Å². The van der Waals surface area contributed by atoms with E-state index in [0.717, 1.165) is 32.4 Å². The van der Waals surface area contributed by atoms with Crippen LogP contribution in [0.2, 0.25) is 0 Å². The number of carboxylic acids is 1. The van der Waals surface area contributed by atoms with Crippen molar-refractivity contribution in [3.05, 3.63) is 0 Å². The Kier molecular flexibility index (Phi) is 2.73. The number of hydrogen-bond donors (Lipinski definition) is 1. The summed E-state index contributed by atoms with van der Waals surface area (Å²) in [6.07, 6.45) is 2.80. The summed E-state index contributed by atoms with van der Waals surface area (Å²) in [4.78, 5) is 12.9. The second-order valence-corrected chi connectivity index (χ2v) is 3.82. The van der Waals surface area contributed by atoms with Crippen molar-refractivity contribution in [2.24, 2.45) is 5.41 Å². The van der Waals surface area contributed by atoms with Gasteiger partial charge in [-0.3, -0.25) is 4.79 Å². The van der Waals surface area contributed by atoms with Crippen molar-refractivity contribution < 1.29 is 9.90 Å². The average molecular weight is 171 g/mol. The maximum Gasteiger partial charge on any atom is 0.310 e. The van der Waals surface area contributed by atoms with Gasteiger partial charge in [0.05, 0.1) is 5.41 Å². The molecule has 70 valence electrons. The zero-order chi connectivity index (χ0) is 9.19. The molecular formula is C9H17NO2. The zero-order valence-electron chi connectivity index (χ0n) is 7.84. The molecule has 1 aliphatic rings. The number of carbonyl (C=O) groups is 1. The summed E-state index contributed by atoms with van der Waals surface area (Å²) >= 11 is 0. The molecule has 0 radical (unpaired) electrons. The van der Waals surface area contributed by atoms with Gasteiger partial charge in [0.1, 0.15) is 0 Å². The third kappa shape index (κ3) is 1.97. The summed E-state index contributed by atoms with van der Waals surface area (Å²) in [7, 11) is 1.99. The number of hydrogen-bond acceptors (Lipinski definition) is 2. The molecule has 3 nitrogen and oxygen atoms in total. The Labute approximate surface area is 73.4 Å². The number of nitrogens with zero attached hydrogens (tertiary/aromatic N) is 1. The highest BCUT2D eigenvalue weighted by molar-refractivity contribution is 5.78. The highest BCUT2D eigenvalue weighted by Gasteiger charge is 2.50. The van der Waals surface area contributed by atoms with E-state index in [1.807, 2.05) is 7.05 Å². The van der Waals surface area contributed by atoms with Gasteiger partial charge in [-0.25, -0.2) is 0 Å². The van der Waals surface area contributed by atoms with Crippen LogP contribution in [0.15, 0.2) is 0 Å². The van der Waals surface area contributed by atoms with Crippen molar-refractivity contribution in [1.82, 2.24) is 4.90 Å². The molecule has 0 aromatic carbocycles. The molecule has 0 aromatic rings. The Hall–Kier alpha value is -0.570. The van der Waals surface area contributed by atoms with E-state index in [2.05, 4.69) is 11.8 Å². The minimum atomic E-state index is -0.620. The second kappa shape index (κ2) is 3.44. The first-order valence-corrected chi connectivity index (χ1v) is 4.53. The van der Waals surface area contributed by atoms with E-state index in [1.54, 1.807) is 0 Å². The fourth-order valence-corrected chi connectivity index (χ4v) is 1.57. The number of rotatable bonds is 5. The van der Waals surface area contributed by atoms with Gasteiger partial charge in [0.2, 0.25) is 0 Å². The summed E-state index contributed by atoms with van der Waals surface area (Å²) < 4.78 is 0. The lowest BCUT2D eigenvalue weighted by atomic mass is 10.1. The maximum atomic E-state index is 10.8. The van der Waals surface area contributed by atoms with Crippen molar-refractivity contribution in [2.75, 3.05) is 20.1 Å². The van der Waals surface area contributed by atoms with Crippen LogP contribution in [-0.2, 0) is 4.79 Å². The van der Waals surface area contributed by atoms with Crippen LogP contribution < -0.4 is 0 Å². The second-order valence-electron chi connectivity index (χ2n) is 3.82. The molecule has 0 amide bonds. The molecule has 0 aromatic heterocycles. The number of aliphatic carboxylic acids is 1. The van der Waals surface area contributed by atoms with Gasteiger partial charge in [0.25, 0.3) is 0 Å². The normalized spacial score (nSPS) is 19.6. The minimum Gasteiger partial charge on any atom is -0.481 e. The fourth-order valence-electron chi connectivity index (χ4n) is 1.57. The first kappa shape index (κ1) is 9.52. The topological polar surface area (TPSA) is 40.5 Å². The highest BCUT2D eigenvalue weighted by Crippen LogP contribution is 2.46. The fraction of sp³-hybridized carbons (Fsp3) is 0.889. The third-order valence-electron chi connectivity index (χ3n) is 2.49. The predicted octanol–water partition coefficient (Wildman–Crippen LogP) is 1.19. The zero-order valence-corrected chi connectivity index (χ0v) is 7.84. The van der Waals surface area contributed by atoms with E-state index in [9.17, 15) is 4.79 Å². The van der Waals surface area contributed by atoms with Crippen LogP contribution in [0, 0.1) is 5.41 Å². The van der Waals surface area contributed by atoms with Gasteiger partial charge in [-0.05, 0) is 32.9 Å². The lowest BCUT2D eigenvalue weighted by Gasteiger charge is -2.19. The first-order chi connectivity index (χ1) is 5.60. The Morgan fingerprint density at radius 2 is 2.17 bits per heavy atom. The molecule has 0 aliphatic heterocycles. The Bertz CT molecular complexity index is 175. The van der Waals surface area contributed by atoms with Crippen molar-refractivity contribution in [2.45, 2.75) is 26.2 Å². The van der Waals surface area contributed by atoms with Crippen LogP contribution >= 0.6 is 0 Å². The molecule has 1 rings (SSSR count). The first-order valence-electron chi connectivity index (χ1n) is 4.53. The van der Waals surface area contributed by atoms with E-state index in [1.165, 1.54) is 0 Å². The van der Waals surface area contributed by atoms with E-state index < -0.39 is 5.97 Å². The van der Waals surface area contributed by atoms with Crippen LogP contribution in [0.1, 0.15) is 26.2 Å². The summed E-state index contributed by atoms with van der Waals surface area (Å²) in [5, 5.41) is 8.89. The van der Waals surface area contributed by atoms with Gasteiger partial charge in [0.15, 0.2) is 0 Å². The molecule has 12 heavy (non-hydrogen) atoms. The molecular weight excluding hydrogens is 154 g/mol. The maximum absolute atomic E-state index is 10.8. The molecule has 0 atom stereocenters. The molecule has 0 bridgehead atoms. The SMILES string of the molecule is CCCN(C)CC1(C(=O)O)CC1. The van der Waals surface area contributed by atoms with E-state index >= 15 is 0 Å². The smallest absolute Gasteiger partial charge is 0.310 e. The number of carboxylic acid groups (broad SMARTS) is 1. The summed E-state index contributed by atoms with van der Waals surface area (Å²) in [6, 6.07) is 0. The minimum absolute atomic E-state index is 0.385. The van der Waals surface area contributed by atoms with Crippen LogP contribution in [0.5, 0.6) is 0 Å². The Morgan fingerprint density at radius 3 is 2.50 bits per heavy atom. The van der Waals surface area contributed by atoms with Crippen LogP contribution in [0.3, 0.4) is 0 Å². The molecule has 3 heteroatoms. The van der Waals surface area contributed by atoms with E-state index in [-0.39, 0.29) is 5.41 Å². The molecule has 1 saturated carbocycles. The van der Waals surface area contributed by atoms with Crippen molar-refractivity contribution in [1.29, 1.82) is 0 Å². The standard InChI is InChI=1S/C9H17NO2/c1-3-6-10(2)7-9(4-5-9)8(11)12/h3-7H2,1-2H3,(H,11,12). The van der Waals surface area contributed by atoms with Crippen molar-refractivity contribution >= 4 is 5.97 Å². The van der Waals surface area contributed by atoms with Crippen LogP contribution in [0.25, 0.3) is 0 Å². The molecule has 1 fully saturated rings. The van der Waals surface area contributed by atoms with Gasteiger partial charge in [-0.1, -0.05) is 6.92 Å². The van der Waals surface area contributed by atoms with Gasteiger partial charge < -0.3 is 10.0 Å². The predicted molar refractivity (Wildman–Crippen MR) is 47.1 cm³/mol. The summed E-state index contributed by atoms with van der Waals surface area (Å²) in [5.41, 5.74) is -0.385. The quantitative estimate of drug-likeness (QED) is 0.675. The van der Waals surface area contributed by atoms with Gasteiger partial charge in [0, 0.05) is 6.54 Å². The summed E-state index contributed by atoms with van der Waals surface area (Å²) in [6.45, 7) is 3.82. The highest BCUT2D eigenvalue weighted by atomic mass is 16.4. The van der Waals surface area contributed by atoms with Crippen molar-refractivity contribution in [3.8, 4) is 0 Å².